The van der Waals surface area contributed by atoms with Crippen molar-refractivity contribution in [2.24, 2.45) is 0 Å². The van der Waals surface area contributed by atoms with Gasteiger partial charge in [0.25, 0.3) is 5.91 Å². The minimum Gasteiger partial charge on any atom is -0.342 e. The van der Waals surface area contributed by atoms with Crippen molar-refractivity contribution < 1.29 is 9.59 Å². The van der Waals surface area contributed by atoms with Crippen LogP contribution in [0.5, 0.6) is 0 Å². The lowest BCUT2D eigenvalue weighted by Crippen LogP contribution is -2.30. The van der Waals surface area contributed by atoms with Gasteiger partial charge in [-0.05, 0) is 50.2 Å². The predicted molar refractivity (Wildman–Crippen MR) is 148 cm³/mol. The summed E-state index contributed by atoms with van der Waals surface area (Å²) < 4.78 is 1.92. The Morgan fingerprint density at radius 2 is 1.59 bits per heavy atom. The van der Waals surface area contributed by atoms with Gasteiger partial charge in [-0.1, -0.05) is 71.5 Å². The average Bonchev–Trinajstić information content (AvgIpc) is 3.33. The molecule has 2 heterocycles. The van der Waals surface area contributed by atoms with Gasteiger partial charge in [0.2, 0.25) is 5.91 Å². The van der Waals surface area contributed by atoms with Gasteiger partial charge in [0.05, 0.1) is 33.8 Å². The highest BCUT2D eigenvalue weighted by Gasteiger charge is 2.28. The van der Waals surface area contributed by atoms with Crippen LogP contribution in [0.3, 0.4) is 0 Å². The average molecular weight is 550 g/mol. The van der Waals surface area contributed by atoms with Crippen molar-refractivity contribution in [1.82, 2.24) is 20.1 Å². The molecule has 0 saturated heterocycles. The maximum absolute atomic E-state index is 13.5. The van der Waals surface area contributed by atoms with Crippen molar-refractivity contribution in [3.8, 4) is 0 Å². The van der Waals surface area contributed by atoms with Gasteiger partial charge < -0.3 is 9.88 Å². The second-order valence-electron chi connectivity index (χ2n) is 8.32. The Morgan fingerprint density at radius 1 is 0.973 bits per heavy atom. The number of carbonyl (C=O) groups is 2. The molecule has 0 spiro atoms. The first-order valence-corrected chi connectivity index (χ1v) is 14.0. The number of nitrogens with zero attached hydrogens (tertiary/aromatic N) is 4. The summed E-state index contributed by atoms with van der Waals surface area (Å²) in [7, 11) is 0. The molecule has 0 bridgehead atoms. The molecule has 10 heteroatoms. The molecule has 1 aromatic heterocycles. The van der Waals surface area contributed by atoms with Crippen LogP contribution >= 0.6 is 35.1 Å². The lowest BCUT2D eigenvalue weighted by Gasteiger charge is -2.30. The zero-order valence-corrected chi connectivity index (χ0v) is 22.6. The van der Waals surface area contributed by atoms with Gasteiger partial charge in [0.1, 0.15) is 0 Å². The van der Waals surface area contributed by atoms with Gasteiger partial charge in [-0.3, -0.25) is 14.5 Å². The minimum atomic E-state index is -0.404. The standard InChI is InChI=1S/C27H24ClN5O2S2/c1-3-32-25(17(2)29-26(35)18-10-4-5-11-19(18)28)30-31-27(32)36-16-24(34)33-20-12-6-8-14-22(20)37-23-15-9-7-13-21(23)33/h4-15,17H,3,16H2,1-2H3,(H,29,35)/t17-/m1/s1. The van der Waals surface area contributed by atoms with Crippen LogP contribution in [0.2, 0.25) is 5.02 Å². The molecular formula is C27H24ClN5O2S2. The summed E-state index contributed by atoms with van der Waals surface area (Å²) in [6, 6.07) is 22.3. The van der Waals surface area contributed by atoms with Crippen molar-refractivity contribution in [1.29, 1.82) is 0 Å². The predicted octanol–water partition coefficient (Wildman–Crippen LogP) is 6.36. The number of carbonyl (C=O) groups excluding carboxylic acids is 2. The van der Waals surface area contributed by atoms with E-state index in [1.165, 1.54) is 11.8 Å². The fourth-order valence-corrected chi connectivity index (χ4v) is 6.31. The lowest BCUT2D eigenvalue weighted by molar-refractivity contribution is -0.115. The summed E-state index contributed by atoms with van der Waals surface area (Å²) in [5, 5.41) is 12.6. The van der Waals surface area contributed by atoms with Crippen LogP contribution in [0.4, 0.5) is 11.4 Å². The number of thioether (sulfide) groups is 1. The van der Waals surface area contributed by atoms with Gasteiger partial charge in [0.15, 0.2) is 11.0 Å². The zero-order chi connectivity index (χ0) is 25.9. The smallest absolute Gasteiger partial charge is 0.253 e. The van der Waals surface area contributed by atoms with Crippen LogP contribution < -0.4 is 10.2 Å². The second kappa shape index (κ2) is 11.0. The molecule has 0 radical (unpaired) electrons. The minimum absolute atomic E-state index is 0.0440. The zero-order valence-electron chi connectivity index (χ0n) is 20.2. The SMILES string of the molecule is CCn1c(SCC(=O)N2c3ccccc3Sc3ccccc32)nnc1[C@@H](C)NC(=O)c1ccccc1Cl. The quantitative estimate of drug-likeness (QED) is 0.270. The molecule has 3 aromatic carbocycles. The largest absolute Gasteiger partial charge is 0.342 e. The number of aromatic nitrogens is 3. The number of anilines is 2. The van der Waals surface area contributed by atoms with Crippen molar-refractivity contribution in [2.75, 3.05) is 10.7 Å². The molecule has 1 atom stereocenters. The Morgan fingerprint density at radius 3 is 2.24 bits per heavy atom. The highest BCUT2D eigenvalue weighted by atomic mass is 35.5. The van der Waals surface area contributed by atoms with Crippen LogP contribution in [-0.4, -0.2) is 32.3 Å². The van der Waals surface area contributed by atoms with E-state index in [4.69, 9.17) is 11.6 Å². The van der Waals surface area contributed by atoms with E-state index in [1.807, 2.05) is 66.9 Å². The van der Waals surface area contributed by atoms with Crippen molar-refractivity contribution in [3.05, 3.63) is 89.2 Å². The maximum atomic E-state index is 13.5. The molecule has 188 valence electrons. The summed E-state index contributed by atoms with van der Waals surface area (Å²) in [5.41, 5.74) is 2.16. The molecule has 0 aliphatic carbocycles. The number of halogens is 1. The number of nitrogens with one attached hydrogen (secondary N) is 1. The number of amides is 2. The summed E-state index contributed by atoms with van der Waals surface area (Å²) in [6.07, 6.45) is 0. The Hall–Kier alpha value is -3.27. The van der Waals surface area contributed by atoms with E-state index >= 15 is 0 Å². The number of fused-ring (bicyclic) bond motifs is 2. The molecule has 0 unspecified atom stereocenters. The van der Waals surface area contributed by atoms with Gasteiger partial charge >= 0.3 is 0 Å². The first-order valence-electron chi connectivity index (χ1n) is 11.8. The Labute approximate surface area is 228 Å². The van der Waals surface area contributed by atoms with Gasteiger partial charge in [0, 0.05) is 16.3 Å². The molecule has 5 rings (SSSR count). The Kier molecular flexibility index (Phi) is 7.55. The van der Waals surface area contributed by atoms with E-state index in [1.54, 1.807) is 40.9 Å². The van der Waals surface area contributed by atoms with Crippen LogP contribution in [0.1, 0.15) is 36.1 Å². The van der Waals surface area contributed by atoms with Gasteiger partial charge in [-0.25, -0.2) is 0 Å². The van der Waals surface area contributed by atoms with E-state index in [9.17, 15) is 9.59 Å². The highest BCUT2D eigenvalue weighted by Crippen LogP contribution is 2.48. The number of para-hydroxylation sites is 2. The molecule has 1 aliphatic heterocycles. The lowest BCUT2D eigenvalue weighted by atomic mass is 10.2. The fraction of sp³-hybridized carbons (Fsp3) is 0.185. The van der Waals surface area contributed by atoms with Crippen molar-refractivity contribution >= 4 is 58.3 Å². The first kappa shape index (κ1) is 25.4. The van der Waals surface area contributed by atoms with Gasteiger partial charge in [-0.15, -0.1) is 10.2 Å². The Bertz CT molecular complexity index is 1430. The van der Waals surface area contributed by atoms with Crippen LogP contribution in [0, 0.1) is 0 Å². The summed E-state index contributed by atoms with van der Waals surface area (Å²) in [5.74, 6) is 0.472. The first-order chi connectivity index (χ1) is 18.0. The topological polar surface area (TPSA) is 80.1 Å². The maximum Gasteiger partial charge on any atom is 0.253 e. The third-order valence-corrected chi connectivity index (χ3v) is 8.33. The van der Waals surface area contributed by atoms with E-state index in [0.717, 1.165) is 21.2 Å². The van der Waals surface area contributed by atoms with Crippen LogP contribution in [0.15, 0.2) is 87.7 Å². The highest BCUT2D eigenvalue weighted by molar-refractivity contribution is 8.00. The van der Waals surface area contributed by atoms with Crippen LogP contribution in [-0.2, 0) is 11.3 Å². The number of rotatable bonds is 7. The molecule has 1 N–H and O–H groups in total. The van der Waals surface area contributed by atoms with E-state index in [2.05, 4.69) is 15.5 Å². The Balaban J connectivity index is 1.33. The van der Waals surface area contributed by atoms with E-state index in [-0.39, 0.29) is 17.6 Å². The molecule has 2 amide bonds. The fourth-order valence-electron chi connectivity index (χ4n) is 4.17. The molecule has 0 fully saturated rings. The number of benzene rings is 3. The molecule has 0 saturated carbocycles. The summed E-state index contributed by atoms with van der Waals surface area (Å²) in [6.45, 7) is 4.43. The summed E-state index contributed by atoms with van der Waals surface area (Å²) >= 11 is 9.18. The van der Waals surface area contributed by atoms with Gasteiger partial charge in [-0.2, -0.15) is 0 Å². The van der Waals surface area contributed by atoms with E-state index < -0.39 is 6.04 Å². The summed E-state index contributed by atoms with van der Waals surface area (Å²) in [4.78, 5) is 30.1. The van der Waals surface area contributed by atoms with E-state index in [0.29, 0.717) is 28.1 Å². The third kappa shape index (κ3) is 5.12. The second-order valence-corrected chi connectivity index (χ2v) is 10.7. The molecule has 4 aromatic rings. The number of hydrogen-bond donors (Lipinski definition) is 1. The monoisotopic (exact) mass is 549 g/mol. The molecular weight excluding hydrogens is 526 g/mol. The molecule has 1 aliphatic rings. The van der Waals surface area contributed by atoms with Crippen LogP contribution in [0.25, 0.3) is 0 Å². The van der Waals surface area contributed by atoms with Crippen molar-refractivity contribution in [2.45, 2.75) is 41.4 Å². The molecule has 37 heavy (non-hydrogen) atoms. The third-order valence-electron chi connectivity index (χ3n) is 5.92. The normalized spacial score (nSPS) is 13.0. The van der Waals surface area contributed by atoms with Crippen molar-refractivity contribution in [3.63, 3.8) is 0 Å². The molecule has 7 nitrogen and oxygen atoms in total. The number of hydrogen-bond acceptors (Lipinski definition) is 6.